The van der Waals surface area contributed by atoms with E-state index < -0.39 is 16.1 Å². The molecule has 0 radical (unpaired) electrons. The van der Waals surface area contributed by atoms with Crippen molar-refractivity contribution in [2.24, 2.45) is 0 Å². The molecule has 2 aromatic rings. The van der Waals surface area contributed by atoms with Gasteiger partial charge < -0.3 is 4.90 Å². The summed E-state index contributed by atoms with van der Waals surface area (Å²) < 4.78 is 27.8. The molecule has 1 saturated heterocycles. The van der Waals surface area contributed by atoms with Gasteiger partial charge in [-0.1, -0.05) is 54.6 Å². The maximum atomic E-state index is 12.9. The van der Waals surface area contributed by atoms with Gasteiger partial charge >= 0.3 is 0 Å². The Balaban J connectivity index is 1.56. The average Bonchev–Trinajstić information content (AvgIpc) is 2.93. The lowest BCUT2D eigenvalue weighted by Crippen LogP contribution is -2.47. The Bertz CT molecular complexity index is 1040. The predicted molar refractivity (Wildman–Crippen MR) is 120 cm³/mol. The number of nitrogens with one attached hydrogen (secondary N) is 1. The second-order valence-electron chi connectivity index (χ2n) is 7.68. The van der Waals surface area contributed by atoms with Crippen LogP contribution >= 0.6 is 0 Å². The molecule has 0 saturated carbocycles. The molecule has 0 bridgehead atoms. The van der Waals surface area contributed by atoms with E-state index in [1.165, 1.54) is 0 Å². The van der Waals surface area contributed by atoms with E-state index in [4.69, 9.17) is 5.26 Å². The van der Waals surface area contributed by atoms with Crippen LogP contribution in [0, 0.1) is 11.3 Å². The first kappa shape index (κ1) is 22.7. The van der Waals surface area contributed by atoms with Crippen molar-refractivity contribution in [3.05, 3.63) is 83.4 Å². The SMILES string of the molecule is N#Cc1ccc(C/C=C/CN2CCCCC(NS(=O)(=O)Cc3ccccc3)C2=O)cc1. The molecule has 1 heterocycles. The Kier molecular flexibility index (Phi) is 7.99. The highest BCUT2D eigenvalue weighted by atomic mass is 32.2. The van der Waals surface area contributed by atoms with E-state index in [1.807, 2.05) is 30.4 Å². The van der Waals surface area contributed by atoms with Crippen molar-refractivity contribution in [1.82, 2.24) is 9.62 Å². The Hall–Kier alpha value is -2.95. The Morgan fingerprint density at radius 3 is 2.48 bits per heavy atom. The summed E-state index contributed by atoms with van der Waals surface area (Å²) in [7, 11) is -3.61. The van der Waals surface area contributed by atoms with Crippen LogP contribution in [0.4, 0.5) is 0 Å². The van der Waals surface area contributed by atoms with Crippen molar-refractivity contribution in [1.29, 1.82) is 5.26 Å². The zero-order valence-electron chi connectivity index (χ0n) is 17.4. The number of nitriles is 1. The standard InChI is InChI=1S/C24H27N3O3S/c25-18-21-14-12-20(13-15-21)8-4-6-16-27-17-7-5-11-23(24(27)28)26-31(29,30)19-22-9-2-1-3-10-22/h1-4,6,9-10,12-15,23,26H,5,7-8,11,16-17,19H2/b6-4+. The first-order chi connectivity index (χ1) is 15.0. The average molecular weight is 438 g/mol. The summed E-state index contributed by atoms with van der Waals surface area (Å²) in [6.07, 6.45) is 6.81. The summed E-state index contributed by atoms with van der Waals surface area (Å²) in [5, 5.41) is 8.86. The van der Waals surface area contributed by atoms with E-state index in [-0.39, 0.29) is 11.7 Å². The van der Waals surface area contributed by atoms with Gasteiger partial charge in [0.05, 0.1) is 17.4 Å². The van der Waals surface area contributed by atoms with Crippen LogP contribution in [0.2, 0.25) is 0 Å². The molecule has 0 aromatic heterocycles. The molecule has 2 aromatic carbocycles. The summed E-state index contributed by atoms with van der Waals surface area (Å²) >= 11 is 0. The normalized spacial score (nSPS) is 17.5. The van der Waals surface area contributed by atoms with Crippen molar-refractivity contribution < 1.29 is 13.2 Å². The Morgan fingerprint density at radius 2 is 1.77 bits per heavy atom. The summed E-state index contributed by atoms with van der Waals surface area (Å²) in [6.45, 7) is 1.07. The predicted octanol–water partition coefficient (Wildman–Crippen LogP) is 3.16. The van der Waals surface area contributed by atoms with Crippen LogP contribution in [-0.2, 0) is 27.0 Å². The number of hydrogen-bond donors (Lipinski definition) is 1. The van der Waals surface area contributed by atoms with Crippen molar-refractivity contribution in [2.75, 3.05) is 13.1 Å². The van der Waals surface area contributed by atoms with Crippen molar-refractivity contribution in [3.63, 3.8) is 0 Å². The molecule has 0 spiro atoms. The number of sulfonamides is 1. The monoisotopic (exact) mass is 437 g/mol. The number of amides is 1. The van der Waals surface area contributed by atoms with Crippen molar-refractivity contribution in [2.45, 2.75) is 37.5 Å². The maximum absolute atomic E-state index is 12.9. The van der Waals surface area contributed by atoms with Crippen molar-refractivity contribution >= 4 is 15.9 Å². The molecule has 7 heteroatoms. The van der Waals surface area contributed by atoms with Gasteiger partial charge in [-0.2, -0.15) is 5.26 Å². The van der Waals surface area contributed by atoms with Gasteiger partial charge in [-0.05, 0) is 48.9 Å². The van der Waals surface area contributed by atoms with Gasteiger partial charge in [-0.15, -0.1) is 0 Å². The van der Waals surface area contributed by atoms with Crippen LogP contribution in [0.1, 0.15) is 36.0 Å². The zero-order chi connectivity index (χ0) is 22.1. The summed E-state index contributed by atoms with van der Waals surface area (Å²) in [5.41, 5.74) is 2.41. The smallest absolute Gasteiger partial charge is 0.241 e. The van der Waals surface area contributed by atoms with E-state index in [0.29, 0.717) is 37.1 Å². The summed E-state index contributed by atoms with van der Waals surface area (Å²) in [6, 6.07) is 17.7. The third-order valence-corrected chi connectivity index (χ3v) is 6.59. The molecule has 1 aliphatic rings. The fourth-order valence-electron chi connectivity index (χ4n) is 3.58. The molecule has 1 aliphatic heterocycles. The quantitative estimate of drug-likeness (QED) is 0.643. The lowest BCUT2D eigenvalue weighted by Gasteiger charge is -2.23. The molecule has 1 amide bonds. The van der Waals surface area contributed by atoms with Crippen LogP contribution < -0.4 is 4.72 Å². The minimum Gasteiger partial charge on any atom is -0.338 e. The van der Waals surface area contributed by atoms with Gasteiger partial charge in [-0.25, -0.2) is 13.1 Å². The zero-order valence-corrected chi connectivity index (χ0v) is 18.2. The Labute approximate surface area is 184 Å². The first-order valence-corrected chi connectivity index (χ1v) is 12.1. The molecule has 162 valence electrons. The van der Waals surface area contributed by atoms with Crippen LogP contribution in [-0.4, -0.2) is 38.4 Å². The summed E-state index contributed by atoms with van der Waals surface area (Å²) in [5.74, 6) is -0.306. The minimum atomic E-state index is -3.61. The Morgan fingerprint density at radius 1 is 1.03 bits per heavy atom. The third kappa shape index (κ3) is 7.06. The molecular weight excluding hydrogens is 410 g/mol. The number of likely N-dealkylation sites (tertiary alicyclic amines) is 1. The lowest BCUT2D eigenvalue weighted by atomic mass is 10.1. The number of carbonyl (C=O) groups is 1. The number of hydrogen-bond acceptors (Lipinski definition) is 4. The van der Waals surface area contributed by atoms with E-state index in [9.17, 15) is 13.2 Å². The molecule has 1 fully saturated rings. The van der Waals surface area contributed by atoms with E-state index in [0.717, 1.165) is 18.4 Å². The molecule has 3 rings (SSSR count). The van der Waals surface area contributed by atoms with Crippen LogP contribution in [0.3, 0.4) is 0 Å². The number of nitrogens with zero attached hydrogens (tertiary/aromatic N) is 2. The van der Waals surface area contributed by atoms with Gasteiger partial charge in [-0.3, -0.25) is 4.79 Å². The number of carbonyl (C=O) groups excluding carboxylic acids is 1. The summed E-state index contributed by atoms with van der Waals surface area (Å²) in [4.78, 5) is 14.7. The minimum absolute atomic E-state index is 0.137. The largest absolute Gasteiger partial charge is 0.338 e. The van der Waals surface area contributed by atoms with E-state index in [2.05, 4.69) is 10.8 Å². The lowest BCUT2D eigenvalue weighted by molar-refractivity contribution is -0.131. The van der Waals surface area contributed by atoms with Crippen LogP contribution in [0.25, 0.3) is 0 Å². The molecule has 1 atom stereocenters. The highest BCUT2D eigenvalue weighted by Crippen LogP contribution is 2.15. The number of benzene rings is 2. The fraction of sp³-hybridized carbons (Fsp3) is 0.333. The van der Waals surface area contributed by atoms with Gasteiger partial charge in [0.2, 0.25) is 15.9 Å². The third-order valence-electron chi connectivity index (χ3n) is 5.23. The topological polar surface area (TPSA) is 90.3 Å². The molecule has 1 N–H and O–H groups in total. The van der Waals surface area contributed by atoms with Gasteiger partial charge in [0.25, 0.3) is 0 Å². The second kappa shape index (κ2) is 10.9. The van der Waals surface area contributed by atoms with Crippen LogP contribution in [0.15, 0.2) is 66.7 Å². The molecule has 1 unspecified atom stereocenters. The maximum Gasteiger partial charge on any atom is 0.241 e. The van der Waals surface area contributed by atoms with Gasteiger partial charge in [0.15, 0.2) is 0 Å². The second-order valence-corrected chi connectivity index (χ2v) is 9.43. The molecule has 31 heavy (non-hydrogen) atoms. The first-order valence-electron chi connectivity index (χ1n) is 10.4. The van der Waals surface area contributed by atoms with Gasteiger partial charge in [0, 0.05) is 13.1 Å². The highest BCUT2D eigenvalue weighted by Gasteiger charge is 2.29. The number of rotatable bonds is 8. The van der Waals surface area contributed by atoms with E-state index in [1.54, 1.807) is 41.3 Å². The van der Waals surface area contributed by atoms with Crippen molar-refractivity contribution in [3.8, 4) is 6.07 Å². The number of allylic oxidation sites excluding steroid dienone is 1. The van der Waals surface area contributed by atoms with Gasteiger partial charge in [0.1, 0.15) is 6.04 Å². The van der Waals surface area contributed by atoms with E-state index >= 15 is 0 Å². The highest BCUT2D eigenvalue weighted by molar-refractivity contribution is 7.88. The van der Waals surface area contributed by atoms with Crippen LogP contribution in [0.5, 0.6) is 0 Å². The fourth-order valence-corrected chi connectivity index (χ4v) is 4.95. The molecule has 0 aliphatic carbocycles. The molecule has 6 nitrogen and oxygen atoms in total. The molecular formula is C24H27N3O3S.